The molecule has 0 amide bonds. The van der Waals surface area contributed by atoms with E-state index in [1.807, 2.05) is 48.5 Å². The Kier molecular flexibility index (Phi) is 36.9. The van der Waals surface area contributed by atoms with Gasteiger partial charge in [-0.05, 0) is 99.2 Å². The number of rotatable bonds is 40. The van der Waals surface area contributed by atoms with Gasteiger partial charge in [0, 0.05) is 76.4 Å². The van der Waals surface area contributed by atoms with E-state index < -0.39 is 23.7 Å². The Hall–Kier alpha value is -7.69. The predicted octanol–water partition coefficient (Wildman–Crippen LogP) is 14.9. The van der Waals surface area contributed by atoms with Gasteiger partial charge >= 0.3 is 23.9 Å². The molecule has 454 valence electrons. The third-order valence-electron chi connectivity index (χ3n) is 12.8. The molecule has 0 fully saturated rings. The summed E-state index contributed by atoms with van der Waals surface area (Å²) in [5.74, 6) is -1.62. The molecule has 5 aromatic rings. The summed E-state index contributed by atoms with van der Waals surface area (Å²) in [5.41, 5.74) is 2.72. The average molecular weight is 1160 g/mol. The van der Waals surface area contributed by atoms with E-state index in [1.54, 1.807) is 92.0 Å². The average Bonchev–Trinajstić information content (AvgIpc) is 3.13. The number of hydrogen-bond acceptors (Lipinski definition) is 15. The van der Waals surface area contributed by atoms with Crippen molar-refractivity contribution in [2.45, 2.75) is 115 Å². The molecule has 0 spiro atoms. The van der Waals surface area contributed by atoms with Crippen LogP contribution >= 0.6 is 0 Å². The van der Waals surface area contributed by atoms with Crippen molar-refractivity contribution in [3.05, 3.63) is 193 Å². The van der Waals surface area contributed by atoms with E-state index in [-0.39, 0.29) is 11.8 Å². The second kappa shape index (κ2) is 43.9. The smallest absolute Gasteiger partial charge is 0.343 e. The normalized spacial score (nSPS) is 10.6. The fourth-order valence-corrected chi connectivity index (χ4v) is 8.11. The first-order valence-corrected chi connectivity index (χ1v) is 29.0. The SMILES string of the molecule is C=CC(=O)OCCCCCCCCCCCC.C=CC(=O)OCCCCCCOc1ccc(C(=O)Oc2ccc(OC(=O)c3ccc(C(=C)OCCCOCCCOC)cc3)cc2)cc1.COC(OC)(C(=O)c1ccccc1)c1ccccc1. The lowest BCUT2D eigenvalue weighted by molar-refractivity contribution is -0.176. The summed E-state index contributed by atoms with van der Waals surface area (Å²) in [6.45, 7) is 16.8. The van der Waals surface area contributed by atoms with E-state index in [9.17, 15) is 24.0 Å². The van der Waals surface area contributed by atoms with Gasteiger partial charge in [0.2, 0.25) is 5.78 Å². The zero-order valence-electron chi connectivity index (χ0n) is 49.9. The summed E-state index contributed by atoms with van der Waals surface area (Å²) in [6.07, 6.45) is 20.5. The lowest BCUT2D eigenvalue weighted by atomic mass is 9.96. The van der Waals surface area contributed by atoms with Crippen LogP contribution in [0.15, 0.2) is 165 Å². The van der Waals surface area contributed by atoms with Gasteiger partial charge < -0.3 is 47.4 Å². The molecule has 0 bridgehead atoms. The molecule has 5 rings (SSSR count). The first-order chi connectivity index (χ1) is 40.9. The van der Waals surface area contributed by atoms with Gasteiger partial charge in [0.1, 0.15) is 23.0 Å². The van der Waals surface area contributed by atoms with Crippen LogP contribution in [0.4, 0.5) is 0 Å². The fraction of sp³-hybridized carbons (Fsp3) is 0.406. The molecule has 0 unspecified atom stereocenters. The van der Waals surface area contributed by atoms with Crippen molar-refractivity contribution in [1.29, 1.82) is 0 Å². The molecule has 0 aliphatic heterocycles. The van der Waals surface area contributed by atoms with Crippen LogP contribution in [0.25, 0.3) is 5.76 Å². The molecular formula is C69H88O15. The van der Waals surface area contributed by atoms with E-state index in [1.165, 1.54) is 78.1 Å². The molecule has 0 saturated carbocycles. The molecule has 0 N–H and O–H groups in total. The van der Waals surface area contributed by atoms with Gasteiger partial charge in [-0.15, -0.1) is 0 Å². The molecule has 0 aliphatic carbocycles. The van der Waals surface area contributed by atoms with Gasteiger partial charge in [-0.2, -0.15) is 0 Å². The fourth-order valence-electron chi connectivity index (χ4n) is 8.11. The van der Waals surface area contributed by atoms with Gasteiger partial charge in [0.25, 0.3) is 5.79 Å². The van der Waals surface area contributed by atoms with Crippen LogP contribution in [0, 0.1) is 0 Å². The first-order valence-electron chi connectivity index (χ1n) is 29.0. The van der Waals surface area contributed by atoms with E-state index in [4.69, 9.17) is 47.4 Å². The number of esters is 4. The van der Waals surface area contributed by atoms with Crippen LogP contribution in [0.1, 0.15) is 152 Å². The molecule has 0 heterocycles. The van der Waals surface area contributed by atoms with Crippen LogP contribution in [-0.2, 0) is 48.5 Å². The Morgan fingerprint density at radius 3 is 1.29 bits per heavy atom. The van der Waals surface area contributed by atoms with Crippen LogP contribution < -0.4 is 14.2 Å². The van der Waals surface area contributed by atoms with Crippen molar-refractivity contribution >= 4 is 35.4 Å². The lowest BCUT2D eigenvalue weighted by Crippen LogP contribution is -2.39. The first kappa shape index (κ1) is 70.6. The number of hydrogen-bond donors (Lipinski definition) is 0. The van der Waals surface area contributed by atoms with Crippen molar-refractivity contribution in [2.75, 3.05) is 67.6 Å². The van der Waals surface area contributed by atoms with Crippen LogP contribution in [-0.4, -0.2) is 97.2 Å². The van der Waals surface area contributed by atoms with Gasteiger partial charge in [-0.25, -0.2) is 19.2 Å². The van der Waals surface area contributed by atoms with Crippen LogP contribution in [0.5, 0.6) is 17.2 Å². The zero-order chi connectivity index (χ0) is 60.9. The van der Waals surface area contributed by atoms with E-state index >= 15 is 0 Å². The molecule has 15 heteroatoms. The predicted molar refractivity (Wildman–Crippen MR) is 327 cm³/mol. The third kappa shape index (κ3) is 28.5. The topological polar surface area (TPSA) is 178 Å². The summed E-state index contributed by atoms with van der Waals surface area (Å²) in [4.78, 5) is 59.7. The number of methoxy groups -OCH3 is 3. The second-order valence-electron chi connectivity index (χ2n) is 19.2. The number of ether oxygens (including phenoxy) is 10. The summed E-state index contributed by atoms with van der Waals surface area (Å²) in [6, 6.07) is 37.9. The standard InChI is InChI=1S/C38H44O10.C16H16O3.C15H28O2/c1-4-36(39)46-27-8-6-5-7-26-45-33-17-15-32(16-18-33)38(41)48-35-21-19-34(20-22-35)47-37(40)31-13-11-30(12-14-31)29(2)44-28-10-25-43-24-9-23-42-3;1-18-16(19-2,14-11-7-4-8-12-14)15(17)13-9-5-3-6-10-13;1-3-5-6-7-8-9-10-11-12-13-14-17-15(16)4-2/h4,11-22H,1-2,5-10,23-28H2,3H3;3-12H,1-2H3;4H,2-3,5-14H2,1H3. The van der Waals surface area contributed by atoms with Gasteiger partial charge in [-0.1, -0.05) is 157 Å². The molecule has 84 heavy (non-hydrogen) atoms. The van der Waals surface area contributed by atoms with Crippen molar-refractivity contribution in [2.24, 2.45) is 0 Å². The molecule has 15 nitrogen and oxygen atoms in total. The number of Topliss-reactive ketones (excluding diaryl/α,β-unsaturated/α-hetero) is 1. The van der Waals surface area contributed by atoms with E-state index in [0.29, 0.717) is 91.5 Å². The number of ketones is 1. The monoisotopic (exact) mass is 1160 g/mol. The van der Waals surface area contributed by atoms with E-state index in [0.717, 1.165) is 56.6 Å². The van der Waals surface area contributed by atoms with Gasteiger partial charge in [0.05, 0.1) is 37.6 Å². The van der Waals surface area contributed by atoms with Crippen molar-refractivity contribution in [3.8, 4) is 17.2 Å². The quantitative estimate of drug-likeness (QED) is 0.00687. The highest BCUT2D eigenvalue weighted by Crippen LogP contribution is 2.30. The Morgan fingerprint density at radius 1 is 0.417 bits per heavy atom. The molecule has 0 aromatic heterocycles. The Balaban J connectivity index is 0.000000416. The number of carbonyl (C=O) groups is 5. The summed E-state index contributed by atoms with van der Waals surface area (Å²) in [5, 5.41) is 0. The Bertz CT molecular complexity index is 2630. The Labute approximate surface area is 498 Å². The minimum Gasteiger partial charge on any atom is -0.494 e. The molecule has 0 saturated heterocycles. The Morgan fingerprint density at radius 2 is 0.821 bits per heavy atom. The van der Waals surface area contributed by atoms with Crippen molar-refractivity contribution in [1.82, 2.24) is 0 Å². The lowest BCUT2D eigenvalue weighted by Gasteiger charge is -2.29. The largest absolute Gasteiger partial charge is 0.494 e. The van der Waals surface area contributed by atoms with Crippen molar-refractivity contribution in [3.63, 3.8) is 0 Å². The van der Waals surface area contributed by atoms with Crippen LogP contribution in [0.2, 0.25) is 0 Å². The molecular weight excluding hydrogens is 1070 g/mol. The number of carbonyl (C=O) groups excluding carboxylic acids is 5. The maximum Gasteiger partial charge on any atom is 0.343 e. The summed E-state index contributed by atoms with van der Waals surface area (Å²) in [7, 11) is 4.60. The minimum absolute atomic E-state index is 0.218. The maximum atomic E-state index is 12.7. The highest BCUT2D eigenvalue weighted by Gasteiger charge is 2.41. The summed E-state index contributed by atoms with van der Waals surface area (Å²) < 4.78 is 53.5. The summed E-state index contributed by atoms with van der Waals surface area (Å²) >= 11 is 0. The highest BCUT2D eigenvalue weighted by atomic mass is 16.7. The zero-order valence-corrected chi connectivity index (χ0v) is 49.9. The molecule has 5 aromatic carbocycles. The molecule has 0 atom stereocenters. The van der Waals surface area contributed by atoms with Crippen LogP contribution in [0.3, 0.4) is 0 Å². The second-order valence-corrected chi connectivity index (χ2v) is 19.2. The van der Waals surface area contributed by atoms with Crippen molar-refractivity contribution < 1.29 is 71.3 Å². The molecule has 0 aliphatic rings. The molecule has 0 radical (unpaired) electrons. The van der Waals surface area contributed by atoms with E-state index in [2.05, 4.69) is 26.7 Å². The highest BCUT2D eigenvalue weighted by molar-refractivity contribution is 6.02. The number of unbranched alkanes of at least 4 members (excludes halogenated alkanes) is 12. The minimum atomic E-state index is -1.40. The third-order valence-corrected chi connectivity index (χ3v) is 12.8. The van der Waals surface area contributed by atoms with Gasteiger partial charge in [-0.3, -0.25) is 4.79 Å². The maximum absolute atomic E-state index is 12.7. The van der Waals surface area contributed by atoms with Gasteiger partial charge in [0.15, 0.2) is 0 Å². The number of benzene rings is 5.